The molecule has 0 atom stereocenters. The Morgan fingerprint density at radius 1 is 1.26 bits per heavy atom. The van der Waals surface area contributed by atoms with Crippen LogP contribution in [0, 0.1) is 27.7 Å². The zero-order valence-corrected chi connectivity index (χ0v) is 15.3. The summed E-state index contributed by atoms with van der Waals surface area (Å²) in [6.45, 7) is 9.42. The Kier molecular flexibility index (Phi) is 6.02. The lowest BCUT2D eigenvalue weighted by molar-refractivity contribution is 0.102. The van der Waals surface area contributed by atoms with Gasteiger partial charge in [-0.2, -0.15) is 0 Å². The first kappa shape index (κ1) is 17.8. The maximum atomic E-state index is 12.5. The molecule has 23 heavy (non-hydrogen) atoms. The standard InChI is InChI=1S/C18H24N2O2S/c1-12-6-7-13(2)16(10-12)17(21)11-23-18-19-14(3)15(4)20(18)8-9-22-5/h6-7,10H,8-9,11H2,1-5H3. The van der Waals surface area contributed by atoms with Gasteiger partial charge in [0.1, 0.15) is 0 Å². The second kappa shape index (κ2) is 7.79. The Morgan fingerprint density at radius 3 is 2.70 bits per heavy atom. The molecule has 1 heterocycles. The Bertz CT molecular complexity index is 707. The van der Waals surface area contributed by atoms with Crippen molar-refractivity contribution < 1.29 is 9.53 Å². The summed E-state index contributed by atoms with van der Waals surface area (Å²) in [5.74, 6) is 0.542. The molecule has 0 N–H and O–H groups in total. The number of hydrogen-bond acceptors (Lipinski definition) is 4. The normalized spacial score (nSPS) is 11.0. The van der Waals surface area contributed by atoms with Crippen LogP contribution >= 0.6 is 11.8 Å². The SMILES string of the molecule is COCCn1c(SCC(=O)c2cc(C)ccc2C)nc(C)c1C. The molecule has 0 saturated carbocycles. The van der Waals surface area contributed by atoms with Crippen LogP contribution in [0.3, 0.4) is 0 Å². The number of imidazole rings is 1. The van der Waals surface area contributed by atoms with Crippen LogP contribution in [0.15, 0.2) is 23.4 Å². The molecule has 0 aliphatic carbocycles. The van der Waals surface area contributed by atoms with Crippen LogP contribution in [0.1, 0.15) is 32.9 Å². The van der Waals surface area contributed by atoms with E-state index in [9.17, 15) is 4.79 Å². The lowest BCUT2D eigenvalue weighted by Crippen LogP contribution is -2.10. The Labute approximate surface area is 142 Å². The molecule has 2 aromatic rings. The van der Waals surface area contributed by atoms with Crippen molar-refractivity contribution in [3.8, 4) is 0 Å². The molecule has 0 aliphatic rings. The van der Waals surface area contributed by atoms with Gasteiger partial charge in [0, 0.05) is 24.9 Å². The van der Waals surface area contributed by atoms with E-state index in [-0.39, 0.29) is 5.78 Å². The van der Waals surface area contributed by atoms with Gasteiger partial charge in [-0.1, -0.05) is 29.5 Å². The number of aromatic nitrogens is 2. The van der Waals surface area contributed by atoms with Crippen LogP contribution in [-0.4, -0.2) is 34.8 Å². The molecule has 0 amide bonds. The predicted molar refractivity (Wildman–Crippen MR) is 94.5 cm³/mol. The number of rotatable bonds is 7. The minimum atomic E-state index is 0.146. The van der Waals surface area contributed by atoms with Crippen LogP contribution in [0.5, 0.6) is 0 Å². The fourth-order valence-electron chi connectivity index (χ4n) is 2.42. The predicted octanol–water partition coefficient (Wildman–Crippen LogP) is 3.74. The number of thioether (sulfide) groups is 1. The number of hydrogen-bond donors (Lipinski definition) is 0. The highest BCUT2D eigenvalue weighted by molar-refractivity contribution is 7.99. The summed E-state index contributed by atoms with van der Waals surface area (Å²) >= 11 is 1.50. The molecule has 0 radical (unpaired) electrons. The van der Waals surface area contributed by atoms with Gasteiger partial charge in [-0.25, -0.2) is 4.98 Å². The zero-order chi connectivity index (χ0) is 17.0. The van der Waals surface area contributed by atoms with Crippen LogP contribution in [0.4, 0.5) is 0 Å². The highest BCUT2D eigenvalue weighted by atomic mass is 32.2. The molecule has 4 nitrogen and oxygen atoms in total. The van der Waals surface area contributed by atoms with Crippen molar-refractivity contribution in [1.82, 2.24) is 9.55 Å². The van der Waals surface area contributed by atoms with Crippen molar-refractivity contribution in [3.05, 3.63) is 46.3 Å². The monoisotopic (exact) mass is 332 g/mol. The number of nitrogens with zero attached hydrogens (tertiary/aromatic N) is 2. The minimum Gasteiger partial charge on any atom is -0.383 e. The van der Waals surface area contributed by atoms with Crippen molar-refractivity contribution in [3.63, 3.8) is 0 Å². The highest BCUT2D eigenvalue weighted by Gasteiger charge is 2.15. The number of Topliss-reactive ketones (excluding diaryl/α,β-unsaturated/α-hetero) is 1. The molecular formula is C18H24N2O2S. The van der Waals surface area contributed by atoms with E-state index in [1.165, 1.54) is 11.8 Å². The van der Waals surface area contributed by atoms with Gasteiger partial charge in [0.15, 0.2) is 10.9 Å². The maximum absolute atomic E-state index is 12.5. The summed E-state index contributed by atoms with van der Waals surface area (Å²) in [5.41, 5.74) is 5.07. The molecule has 0 aliphatic heterocycles. The summed E-state index contributed by atoms with van der Waals surface area (Å²) in [4.78, 5) is 17.1. The van der Waals surface area contributed by atoms with Gasteiger partial charge >= 0.3 is 0 Å². The van der Waals surface area contributed by atoms with E-state index in [4.69, 9.17) is 4.74 Å². The molecule has 5 heteroatoms. The van der Waals surface area contributed by atoms with Crippen molar-refractivity contribution in [2.24, 2.45) is 0 Å². The van der Waals surface area contributed by atoms with Gasteiger partial charge in [0.2, 0.25) is 0 Å². The van der Waals surface area contributed by atoms with E-state index < -0.39 is 0 Å². The van der Waals surface area contributed by atoms with Gasteiger partial charge in [0.05, 0.1) is 18.1 Å². The fourth-order valence-corrected chi connectivity index (χ4v) is 3.42. The van der Waals surface area contributed by atoms with E-state index in [0.717, 1.165) is 39.8 Å². The number of ketones is 1. The molecule has 1 aromatic heterocycles. The first-order valence-electron chi connectivity index (χ1n) is 7.70. The van der Waals surface area contributed by atoms with Crippen molar-refractivity contribution in [2.45, 2.75) is 39.4 Å². The molecule has 0 bridgehead atoms. The smallest absolute Gasteiger partial charge is 0.173 e. The second-order valence-corrected chi connectivity index (χ2v) is 6.68. The van der Waals surface area contributed by atoms with Crippen molar-refractivity contribution in [2.75, 3.05) is 19.5 Å². The first-order chi connectivity index (χ1) is 10.9. The van der Waals surface area contributed by atoms with E-state index in [1.807, 2.05) is 39.0 Å². The number of aryl methyl sites for hydroxylation is 3. The lowest BCUT2D eigenvalue weighted by Gasteiger charge is -2.10. The van der Waals surface area contributed by atoms with Gasteiger partial charge < -0.3 is 9.30 Å². The zero-order valence-electron chi connectivity index (χ0n) is 14.5. The molecule has 1 aromatic carbocycles. The summed E-state index contributed by atoms with van der Waals surface area (Å²) in [7, 11) is 1.69. The Hall–Kier alpha value is -1.59. The number of methoxy groups -OCH3 is 1. The minimum absolute atomic E-state index is 0.146. The average molecular weight is 332 g/mol. The van der Waals surface area contributed by atoms with Crippen LogP contribution in [0.2, 0.25) is 0 Å². The third-order valence-corrected chi connectivity index (χ3v) is 4.94. The largest absolute Gasteiger partial charge is 0.383 e. The highest BCUT2D eigenvalue weighted by Crippen LogP contribution is 2.23. The number of benzene rings is 1. The third kappa shape index (κ3) is 4.24. The van der Waals surface area contributed by atoms with Gasteiger partial charge in [-0.3, -0.25) is 4.79 Å². The Balaban J connectivity index is 2.13. The lowest BCUT2D eigenvalue weighted by atomic mass is 10.0. The number of carbonyl (C=O) groups is 1. The molecule has 0 fully saturated rings. The number of ether oxygens (including phenoxy) is 1. The second-order valence-electron chi connectivity index (χ2n) is 5.74. The first-order valence-corrected chi connectivity index (χ1v) is 8.68. The quantitative estimate of drug-likeness (QED) is 0.572. The van der Waals surface area contributed by atoms with E-state index >= 15 is 0 Å². The molecule has 124 valence electrons. The fraction of sp³-hybridized carbons (Fsp3) is 0.444. The van der Waals surface area contributed by atoms with E-state index in [1.54, 1.807) is 7.11 Å². The topological polar surface area (TPSA) is 44.1 Å². The van der Waals surface area contributed by atoms with E-state index in [0.29, 0.717) is 12.4 Å². The van der Waals surface area contributed by atoms with E-state index in [2.05, 4.69) is 16.5 Å². The molecule has 0 saturated heterocycles. The summed E-state index contributed by atoms with van der Waals surface area (Å²) in [5, 5.41) is 0.885. The number of carbonyl (C=O) groups excluding carboxylic acids is 1. The Morgan fingerprint density at radius 2 is 2.00 bits per heavy atom. The average Bonchev–Trinajstić information content (AvgIpc) is 2.80. The molecule has 0 spiro atoms. The molecular weight excluding hydrogens is 308 g/mol. The van der Waals surface area contributed by atoms with Crippen molar-refractivity contribution in [1.29, 1.82) is 0 Å². The van der Waals surface area contributed by atoms with Crippen LogP contribution in [0.25, 0.3) is 0 Å². The van der Waals surface area contributed by atoms with Crippen LogP contribution in [-0.2, 0) is 11.3 Å². The maximum Gasteiger partial charge on any atom is 0.173 e. The van der Waals surface area contributed by atoms with Crippen molar-refractivity contribution >= 4 is 17.5 Å². The van der Waals surface area contributed by atoms with Gasteiger partial charge in [-0.15, -0.1) is 0 Å². The van der Waals surface area contributed by atoms with Gasteiger partial charge in [0.25, 0.3) is 0 Å². The van der Waals surface area contributed by atoms with Crippen LogP contribution < -0.4 is 0 Å². The summed E-state index contributed by atoms with van der Waals surface area (Å²) in [6, 6.07) is 6.00. The summed E-state index contributed by atoms with van der Waals surface area (Å²) < 4.78 is 7.29. The third-order valence-electron chi connectivity index (χ3n) is 3.97. The van der Waals surface area contributed by atoms with Gasteiger partial charge in [-0.05, 0) is 39.3 Å². The summed E-state index contributed by atoms with van der Waals surface area (Å²) in [6.07, 6.45) is 0. The molecule has 2 rings (SSSR count). The molecule has 0 unspecified atom stereocenters.